The molecule has 1 fully saturated rings. The highest BCUT2D eigenvalue weighted by Crippen LogP contribution is 2.38. The van der Waals surface area contributed by atoms with E-state index in [1.807, 2.05) is 37.4 Å². The van der Waals surface area contributed by atoms with E-state index < -0.39 is 0 Å². The summed E-state index contributed by atoms with van der Waals surface area (Å²) in [6.45, 7) is 3.51. The molecule has 21 heavy (non-hydrogen) atoms. The summed E-state index contributed by atoms with van der Waals surface area (Å²) in [6, 6.07) is 9.95. The van der Waals surface area contributed by atoms with Gasteiger partial charge >= 0.3 is 0 Å². The Labute approximate surface area is 124 Å². The van der Waals surface area contributed by atoms with E-state index >= 15 is 0 Å². The number of likely N-dealkylation sites (N-methyl/N-ethyl adjacent to an activating group) is 1. The maximum Gasteiger partial charge on any atom is 0.243 e. The van der Waals surface area contributed by atoms with Crippen LogP contribution in [0.5, 0.6) is 5.75 Å². The minimum Gasteiger partial charge on any atom is -0.492 e. The Morgan fingerprint density at radius 3 is 2.81 bits per heavy atom. The summed E-state index contributed by atoms with van der Waals surface area (Å²) in [4.78, 5) is 6.66. The smallest absolute Gasteiger partial charge is 0.243 e. The molecule has 0 aliphatic heterocycles. The Hall–Kier alpha value is -1.88. The van der Waals surface area contributed by atoms with Gasteiger partial charge in [-0.1, -0.05) is 23.4 Å². The number of benzene rings is 1. The summed E-state index contributed by atoms with van der Waals surface area (Å²) in [5.74, 6) is 2.98. The summed E-state index contributed by atoms with van der Waals surface area (Å²) in [7, 11) is 2.04. The van der Waals surface area contributed by atoms with Crippen LogP contribution in [-0.2, 0) is 0 Å². The molecule has 1 saturated carbocycles. The normalized spacial score (nSPS) is 16.1. The van der Waals surface area contributed by atoms with Crippen LogP contribution in [0.25, 0.3) is 0 Å². The van der Waals surface area contributed by atoms with Gasteiger partial charge in [-0.05, 0) is 38.9 Å². The SMILES string of the molecule is CC(c1nc(C2CC2)no1)N(C)CCOc1ccccc1. The molecule has 1 aromatic carbocycles. The highest BCUT2D eigenvalue weighted by atomic mass is 16.5. The minimum atomic E-state index is 0.101. The van der Waals surface area contributed by atoms with Gasteiger partial charge in [0.25, 0.3) is 0 Å². The Kier molecular flexibility index (Phi) is 4.20. The Morgan fingerprint density at radius 2 is 2.10 bits per heavy atom. The van der Waals surface area contributed by atoms with Crippen molar-refractivity contribution in [1.29, 1.82) is 0 Å². The van der Waals surface area contributed by atoms with Crippen LogP contribution in [0.2, 0.25) is 0 Å². The first kappa shape index (κ1) is 14.1. The van der Waals surface area contributed by atoms with E-state index in [0.717, 1.165) is 18.1 Å². The molecule has 1 atom stereocenters. The van der Waals surface area contributed by atoms with Gasteiger partial charge in [0.15, 0.2) is 5.82 Å². The van der Waals surface area contributed by atoms with Crippen LogP contribution in [-0.4, -0.2) is 35.2 Å². The standard InChI is InChI=1S/C16H21N3O2/c1-12(16-17-15(18-21-16)13-8-9-13)19(2)10-11-20-14-6-4-3-5-7-14/h3-7,12-13H,8-11H2,1-2H3. The molecule has 1 unspecified atom stereocenters. The lowest BCUT2D eigenvalue weighted by molar-refractivity contribution is 0.174. The van der Waals surface area contributed by atoms with Crippen molar-refractivity contribution in [3.8, 4) is 5.75 Å². The summed E-state index contributed by atoms with van der Waals surface area (Å²) >= 11 is 0. The molecular formula is C16H21N3O2. The van der Waals surface area contributed by atoms with E-state index in [1.165, 1.54) is 12.8 Å². The van der Waals surface area contributed by atoms with Gasteiger partial charge in [0.2, 0.25) is 5.89 Å². The number of para-hydroxylation sites is 1. The molecule has 0 saturated heterocycles. The molecule has 5 nitrogen and oxygen atoms in total. The second-order valence-electron chi connectivity index (χ2n) is 5.58. The zero-order valence-electron chi connectivity index (χ0n) is 12.5. The number of hydrogen-bond acceptors (Lipinski definition) is 5. The predicted molar refractivity (Wildman–Crippen MR) is 79.3 cm³/mol. The fourth-order valence-electron chi connectivity index (χ4n) is 2.13. The van der Waals surface area contributed by atoms with Gasteiger partial charge in [-0.15, -0.1) is 0 Å². The average molecular weight is 287 g/mol. The first-order valence-electron chi connectivity index (χ1n) is 7.45. The van der Waals surface area contributed by atoms with E-state index in [9.17, 15) is 0 Å². The predicted octanol–water partition coefficient (Wildman–Crippen LogP) is 3.02. The maximum atomic E-state index is 5.71. The third kappa shape index (κ3) is 3.61. The number of rotatable bonds is 7. The van der Waals surface area contributed by atoms with Crippen molar-refractivity contribution in [2.75, 3.05) is 20.2 Å². The monoisotopic (exact) mass is 287 g/mol. The van der Waals surface area contributed by atoms with Crippen LogP contribution < -0.4 is 4.74 Å². The Morgan fingerprint density at radius 1 is 1.33 bits per heavy atom. The lowest BCUT2D eigenvalue weighted by atomic mass is 10.3. The van der Waals surface area contributed by atoms with Crippen LogP contribution in [0.1, 0.15) is 43.4 Å². The summed E-state index contributed by atoms with van der Waals surface area (Å²) in [5, 5.41) is 4.07. The molecule has 1 aliphatic carbocycles. The Bertz CT molecular complexity index is 566. The van der Waals surface area contributed by atoms with Crippen molar-refractivity contribution in [3.63, 3.8) is 0 Å². The van der Waals surface area contributed by atoms with Crippen LogP contribution >= 0.6 is 0 Å². The largest absolute Gasteiger partial charge is 0.492 e. The highest BCUT2D eigenvalue weighted by Gasteiger charge is 2.30. The molecule has 0 radical (unpaired) electrons. The summed E-state index contributed by atoms with van der Waals surface area (Å²) in [5.41, 5.74) is 0. The first-order chi connectivity index (χ1) is 10.2. The third-order valence-corrected chi connectivity index (χ3v) is 3.87. The fourth-order valence-corrected chi connectivity index (χ4v) is 2.13. The molecule has 1 aromatic heterocycles. The maximum absolute atomic E-state index is 5.71. The van der Waals surface area contributed by atoms with Gasteiger partial charge in [-0.2, -0.15) is 4.98 Å². The second-order valence-corrected chi connectivity index (χ2v) is 5.58. The van der Waals surface area contributed by atoms with E-state index in [1.54, 1.807) is 0 Å². The molecule has 2 aromatic rings. The van der Waals surface area contributed by atoms with Crippen LogP contribution in [0, 0.1) is 0 Å². The van der Waals surface area contributed by atoms with E-state index in [2.05, 4.69) is 22.0 Å². The van der Waals surface area contributed by atoms with Gasteiger partial charge < -0.3 is 9.26 Å². The molecule has 0 bridgehead atoms. The van der Waals surface area contributed by atoms with Crippen LogP contribution in [0.15, 0.2) is 34.9 Å². The zero-order chi connectivity index (χ0) is 14.7. The molecule has 0 spiro atoms. The summed E-state index contributed by atoms with van der Waals surface area (Å²) in [6.07, 6.45) is 2.38. The molecule has 3 rings (SSSR count). The number of nitrogens with zero attached hydrogens (tertiary/aromatic N) is 3. The molecule has 1 heterocycles. The van der Waals surface area contributed by atoms with Crippen molar-refractivity contribution in [2.24, 2.45) is 0 Å². The molecular weight excluding hydrogens is 266 g/mol. The third-order valence-electron chi connectivity index (χ3n) is 3.87. The van der Waals surface area contributed by atoms with Crippen molar-refractivity contribution in [1.82, 2.24) is 15.0 Å². The van der Waals surface area contributed by atoms with Crippen LogP contribution in [0.4, 0.5) is 0 Å². The molecule has 0 amide bonds. The average Bonchev–Trinajstić information content (AvgIpc) is 3.25. The summed E-state index contributed by atoms with van der Waals surface area (Å²) < 4.78 is 11.1. The number of ether oxygens (including phenoxy) is 1. The minimum absolute atomic E-state index is 0.101. The number of aromatic nitrogens is 2. The zero-order valence-corrected chi connectivity index (χ0v) is 12.5. The van der Waals surface area contributed by atoms with Gasteiger partial charge in [-0.25, -0.2) is 0 Å². The van der Waals surface area contributed by atoms with E-state index in [-0.39, 0.29) is 6.04 Å². The molecule has 0 N–H and O–H groups in total. The van der Waals surface area contributed by atoms with Crippen molar-refractivity contribution < 1.29 is 9.26 Å². The lowest BCUT2D eigenvalue weighted by Gasteiger charge is -2.21. The van der Waals surface area contributed by atoms with Gasteiger partial charge in [-0.3, -0.25) is 4.90 Å². The topological polar surface area (TPSA) is 51.4 Å². The quantitative estimate of drug-likeness (QED) is 0.783. The van der Waals surface area contributed by atoms with E-state index in [4.69, 9.17) is 9.26 Å². The number of hydrogen-bond donors (Lipinski definition) is 0. The lowest BCUT2D eigenvalue weighted by Crippen LogP contribution is -2.27. The Balaban J connectivity index is 1.48. The molecule has 112 valence electrons. The van der Waals surface area contributed by atoms with E-state index in [0.29, 0.717) is 18.4 Å². The fraction of sp³-hybridized carbons (Fsp3) is 0.500. The van der Waals surface area contributed by atoms with Gasteiger partial charge in [0, 0.05) is 12.5 Å². The molecule has 5 heteroatoms. The highest BCUT2D eigenvalue weighted by molar-refractivity contribution is 5.20. The van der Waals surface area contributed by atoms with Crippen molar-refractivity contribution in [2.45, 2.75) is 31.7 Å². The molecule has 1 aliphatic rings. The van der Waals surface area contributed by atoms with Crippen LogP contribution in [0.3, 0.4) is 0 Å². The first-order valence-corrected chi connectivity index (χ1v) is 7.45. The van der Waals surface area contributed by atoms with Gasteiger partial charge in [0.1, 0.15) is 12.4 Å². The van der Waals surface area contributed by atoms with Crippen molar-refractivity contribution >= 4 is 0 Å². The second kappa shape index (κ2) is 6.26. The van der Waals surface area contributed by atoms with Crippen molar-refractivity contribution in [3.05, 3.63) is 42.0 Å². The van der Waals surface area contributed by atoms with Gasteiger partial charge in [0.05, 0.1) is 6.04 Å².